The quantitative estimate of drug-likeness (QED) is 0.904. The lowest BCUT2D eigenvalue weighted by Crippen LogP contribution is -2.46. The van der Waals surface area contributed by atoms with Crippen LogP contribution in [0.25, 0.3) is 0 Å². The van der Waals surface area contributed by atoms with E-state index in [1.54, 1.807) is 12.1 Å². The summed E-state index contributed by atoms with van der Waals surface area (Å²) in [5, 5.41) is 0. The molecule has 2 fully saturated rings. The van der Waals surface area contributed by atoms with Crippen LogP contribution in [0.3, 0.4) is 0 Å². The molecule has 0 spiro atoms. The minimum atomic E-state index is -0.173. The van der Waals surface area contributed by atoms with Crippen molar-refractivity contribution in [2.24, 2.45) is 5.73 Å². The second kappa shape index (κ2) is 6.73. The first-order valence-electron chi connectivity index (χ1n) is 7.78. The van der Waals surface area contributed by atoms with E-state index < -0.39 is 0 Å². The maximum absolute atomic E-state index is 13.6. The van der Waals surface area contributed by atoms with Crippen molar-refractivity contribution >= 4 is 15.9 Å². The Hall–Kier alpha value is -0.490. The summed E-state index contributed by atoms with van der Waals surface area (Å²) < 4.78 is 14.1. The third kappa shape index (κ3) is 3.83. The zero-order valence-electron chi connectivity index (χ0n) is 12.3. The number of rotatable bonds is 3. The Morgan fingerprint density at radius 1 is 1.19 bits per heavy atom. The van der Waals surface area contributed by atoms with Crippen molar-refractivity contribution in [3.8, 4) is 0 Å². The van der Waals surface area contributed by atoms with E-state index in [0.717, 1.165) is 51.1 Å². The first-order chi connectivity index (χ1) is 10.1. The molecule has 2 N–H and O–H groups in total. The zero-order chi connectivity index (χ0) is 14.8. The standard InChI is InChI=1S/C16H23BrFN3/c17-15-2-1-12(9-16(15)18)10-20-6-5-14(11-20)21-7-3-13(19)4-8-21/h1-2,9,13-14H,3-8,10-11,19H2. The molecule has 2 aliphatic heterocycles. The van der Waals surface area contributed by atoms with Gasteiger partial charge in [0, 0.05) is 31.7 Å². The first kappa shape index (κ1) is 15.4. The number of likely N-dealkylation sites (tertiary alicyclic amines) is 2. The van der Waals surface area contributed by atoms with Crippen molar-refractivity contribution in [3.63, 3.8) is 0 Å². The molecule has 116 valence electrons. The molecule has 0 aliphatic carbocycles. The topological polar surface area (TPSA) is 32.5 Å². The Labute approximate surface area is 134 Å². The summed E-state index contributed by atoms with van der Waals surface area (Å²) in [6, 6.07) is 6.48. The van der Waals surface area contributed by atoms with Crippen molar-refractivity contribution in [1.29, 1.82) is 0 Å². The van der Waals surface area contributed by atoms with Gasteiger partial charge >= 0.3 is 0 Å². The van der Waals surface area contributed by atoms with Gasteiger partial charge in [0.1, 0.15) is 5.82 Å². The molecule has 1 aromatic carbocycles. The van der Waals surface area contributed by atoms with Crippen molar-refractivity contribution < 1.29 is 4.39 Å². The summed E-state index contributed by atoms with van der Waals surface area (Å²) >= 11 is 3.20. The molecule has 5 heteroatoms. The summed E-state index contributed by atoms with van der Waals surface area (Å²) in [5.41, 5.74) is 7.03. The highest BCUT2D eigenvalue weighted by Gasteiger charge is 2.29. The number of nitrogens with two attached hydrogens (primary N) is 1. The molecular weight excluding hydrogens is 333 g/mol. The Morgan fingerprint density at radius 2 is 1.95 bits per heavy atom. The van der Waals surface area contributed by atoms with Gasteiger partial charge in [-0.25, -0.2) is 4.39 Å². The number of nitrogens with zero attached hydrogens (tertiary/aromatic N) is 2. The molecule has 0 aromatic heterocycles. The molecule has 3 nitrogen and oxygen atoms in total. The Balaban J connectivity index is 1.53. The number of benzene rings is 1. The molecular formula is C16H23BrFN3. The van der Waals surface area contributed by atoms with Crippen LogP contribution >= 0.6 is 15.9 Å². The fourth-order valence-corrected chi connectivity index (χ4v) is 3.68. The Kier molecular flexibility index (Phi) is 4.94. The van der Waals surface area contributed by atoms with Gasteiger partial charge in [-0.05, 0) is 66.0 Å². The second-order valence-corrected chi connectivity index (χ2v) is 7.15. The van der Waals surface area contributed by atoms with Crippen LogP contribution in [-0.4, -0.2) is 48.1 Å². The van der Waals surface area contributed by atoms with Crippen LogP contribution < -0.4 is 5.73 Å². The molecule has 2 aliphatic rings. The third-order valence-corrected chi connectivity index (χ3v) is 5.37. The maximum atomic E-state index is 13.6. The molecule has 1 aromatic rings. The lowest BCUT2D eigenvalue weighted by Gasteiger charge is -2.34. The van der Waals surface area contributed by atoms with Gasteiger partial charge in [-0.15, -0.1) is 0 Å². The first-order valence-corrected chi connectivity index (χ1v) is 8.57. The van der Waals surface area contributed by atoms with E-state index >= 15 is 0 Å². The number of hydrogen-bond acceptors (Lipinski definition) is 3. The third-order valence-electron chi connectivity index (χ3n) is 4.73. The number of hydrogen-bond donors (Lipinski definition) is 1. The average Bonchev–Trinajstić information content (AvgIpc) is 2.92. The number of halogens is 2. The van der Waals surface area contributed by atoms with Crippen LogP contribution in [0.4, 0.5) is 4.39 Å². The summed E-state index contributed by atoms with van der Waals surface area (Å²) in [5.74, 6) is -0.173. The highest BCUT2D eigenvalue weighted by Crippen LogP contribution is 2.23. The van der Waals surface area contributed by atoms with E-state index in [-0.39, 0.29) is 5.82 Å². The molecule has 2 saturated heterocycles. The van der Waals surface area contributed by atoms with Crippen molar-refractivity contribution in [3.05, 3.63) is 34.1 Å². The summed E-state index contributed by atoms with van der Waals surface area (Å²) in [7, 11) is 0. The molecule has 1 unspecified atom stereocenters. The summed E-state index contributed by atoms with van der Waals surface area (Å²) in [4.78, 5) is 5.02. The van der Waals surface area contributed by atoms with Crippen molar-refractivity contribution in [2.75, 3.05) is 26.2 Å². The zero-order valence-corrected chi connectivity index (χ0v) is 13.9. The van der Waals surface area contributed by atoms with Gasteiger partial charge in [0.2, 0.25) is 0 Å². The van der Waals surface area contributed by atoms with E-state index in [9.17, 15) is 4.39 Å². The Bertz CT molecular complexity index is 488. The molecule has 3 rings (SSSR count). The van der Waals surface area contributed by atoms with Crippen molar-refractivity contribution in [1.82, 2.24) is 9.80 Å². The van der Waals surface area contributed by atoms with E-state index in [2.05, 4.69) is 25.7 Å². The van der Waals surface area contributed by atoms with E-state index in [4.69, 9.17) is 5.73 Å². The molecule has 0 amide bonds. The van der Waals surface area contributed by atoms with Crippen LogP contribution in [-0.2, 0) is 6.54 Å². The van der Waals surface area contributed by atoms with Crippen LogP contribution in [0.2, 0.25) is 0 Å². The van der Waals surface area contributed by atoms with E-state index in [1.807, 2.05) is 6.07 Å². The van der Waals surface area contributed by atoms with Gasteiger partial charge in [-0.2, -0.15) is 0 Å². The molecule has 1 atom stereocenters. The molecule has 2 heterocycles. The fraction of sp³-hybridized carbons (Fsp3) is 0.625. The second-order valence-electron chi connectivity index (χ2n) is 6.30. The van der Waals surface area contributed by atoms with E-state index in [0.29, 0.717) is 16.6 Å². The van der Waals surface area contributed by atoms with Crippen LogP contribution in [0, 0.1) is 5.82 Å². The van der Waals surface area contributed by atoms with E-state index in [1.165, 1.54) is 6.42 Å². The van der Waals surface area contributed by atoms with Crippen LogP contribution in [0.1, 0.15) is 24.8 Å². The number of piperidine rings is 1. The van der Waals surface area contributed by atoms with Gasteiger partial charge in [0.15, 0.2) is 0 Å². The smallest absolute Gasteiger partial charge is 0.137 e. The normalized spacial score (nSPS) is 25.6. The molecule has 0 saturated carbocycles. The Morgan fingerprint density at radius 3 is 2.67 bits per heavy atom. The minimum absolute atomic E-state index is 0.173. The largest absolute Gasteiger partial charge is 0.328 e. The van der Waals surface area contributed by atoms with Crippen LogP contribution in [0.5, 0.6) is 0 Å². The minimum Gasteiger partial charge on any atom is -0.328 e. The molecule has 0 radical (unpaired) electrons. The highest BCUT2D eigenvalue weighted by molar-refractivity contribution is 9.10. The van der Waals surface area contributed by atoms with Crippen molar-refractivity contribution in [2.45, 2.75) is 37.9 Å². The monoisotopic (exact) mass is 355 g/mol. The maximum Gasteiger partial charge on any atom is 0.137 e. The average molecular weight is 356 g/mol. The van der Waals surface area contributed by atoms with Gasteiger partial charge in [0.25, 0.3) is 0 Å². The lowest BCUT2D eigenvalue weighted by atomic mass is 10.0. The molecule has 0 bridgehead atoms. The van der Waals surface area contributed by atoms with Gasteiger partial charge in [0.05, 0.1) is 4.47 Å². The SMILES string of the molecule is NC1CCN(C2CCN(Cc3ccc(Br)c(F)c3)C2)CC1. The van der Waals surface area contributed by atoms with Gasteiger partial charge in [-0.3, -0.25) is 9.80 Å². The predicted molar refractivity (Wildman–Crippen MR) is 86.6 cm³/mol. The van der Waals surface area contributed by atoms with Crippen LogP contribution in [0.15, 0.2) is 22.7 Å². The summed E-state index contributed by atoms with van der Waals surface area (Å²) in [6.45, 7) is 5.30. The molecule has 21 heavy (non-hydrogen) atoms. The highest BCUT2D eigenvalue weighted by atomic mass is 79.9. The summed E-state index contributed by atoms with van der Waals surface area (Å²) in [6.07, 6.45) is 3.46. The fourth-order valence-electron chi connectivity index (χ4n) is 3.43. The predicted octanol–water partition coefficient (Wildman–Crippen LogP) is 2.59. The van der Waals surface area contributed by atoms with Gasteiger partial charge < -0.3 is 5.73 Å². The van der Waals surface area contributed by atoms with Gasteiger partial charge in [-0.1, -0.05) is 6.07 Å². The lowest BCUT2D eigenvalue weighted by molar-refractivity contribution is 0.151.